The van der Waals surface area contributed by atoms with Crippen molar-refractivity contribution in [2.75, 3.05) is 34.8 Å². The number of aliphatic imine (C=N–C) groups is 4. The number of hydrogen-bond donors (Lipinski definition) is 3. The summed E-state index contributed by atoms with van der Waals surface area (Å²) in [5.41, 5.74) is 4.72. The number of fused-ring (bicyclic) bond motifs is 3. The van der Waals surface area contributed by atoms with Crippen molar-refractivity contribution in [1.29, 1.82) is 0 Å². The van der Waals surface area contributed by atoms with Crippen molar-refractivity contribution in [2.45, 2.75) is 64.6 Å². The fourth-order valence-electron chi connectivity index (χ4n) is 10.6. The number of hydrogen-bond acceptors (Lipinski definition) is 9. The van der Waals surface area contributed by atoms with Crippen LogP contribution in [0.2, 0.25) is 0 Å². The van der Waals surface area contributed by atoms with Crippen LogP contribution in [0.4, 0.5) is 74.1 Å². The minimum Gasteiger partial charge on any atom is -0.435 e. The lowest BCUT2D eigenvalue weighted by Gasteiger charge is -2.38. The number of alkyl halides is 2. The molecular weight excluding hydrogens is 1220 g/mol. The van der Waals surface area contributed by atoms with Gasteiger partial charge in [-0.1, -0.05) is 48.5 Å². The first-order valence-corrected chi connectivity index (χ1v) is 27.7. The minimum atomic E-state index is -3.04. The van der Waals surface area contributed by atoms with E-state index in [2.05, 4.69) is 40.7 Å². The zero-order valence-corrected chi connectivity index (χ0v) is 49.0. The second-order valence-electron chi connectivity index (χ2n) is 21.1. The molecule has 6 aliphatic heterocycles. The SMILES string of the molecule is CN1C(=O)NC(=NCc2ccccc2)N2C1=CCC2c1cc(F)c(F)c(F)c1.COCc1ccc(C)c(N=C2NC(=O)N(C)C3=CCC(c4cc(F)c(F)c(F)c4)N32)c1.Cc1ccc(OC(F)F)cc1N=C1NC(=O)N(C)C2=NCC(c3cc(F)c(F)c(F)c3)N12. The molecule has 29 heteroatoms. The monoisotopic (exact) mass is 1270 g/mol. The highest BCUT2D eigenvalue weighted by molar-refractivity contribution is 6.16. The fourth-order valence-corrected chi connectivity index (χ4v) is 10.6. The highest BCUT2D eigenvalue weighted by Gasteiger charge is 2.44. The van der Waals surface area contributed by atoms with E-state index in [4.69, 9.17) is 4.74 Å². The van der Waals surface area contributed by atoms with Crippen molar-refractivity contribution < 1.29 is 72.2 Å². The topological polar surface area (TPSA) is 175 Å². The third kappa shape index (κ3) is 13.2. The molecule has 0 aromatic heterocycles. The maximum atomic E-state index is 13.9. The third-order valence-corrected chi connectivity index (χ3v) is 15.2. The molecule has 12 rings (SSSR count). The summed E-state index contributed by atoms with van der Waals surface area (Å²) in [5, 5.41) is 7.99. The summed E-state index contributed by atoms with van der Waals surface area (Å²) in [6.45, 7) is 1.25. The molecule has 0 radical (unpaired) electrons. The summed E-state index contributed by atoms with van der Waals surface area (Å²) in [7, 11) is 6.21. The van der Waals surface area contributed by atoms with Crippen molar-refractivity contribution in [3.8, 4) is 5.75 Å². The molecule has 3 saturated heterocycles. The number of carbonyl (C=O) groups excluding carboxylic acids is 3. The van der Waals surface area contributed by atoms with Crippen LogP contribution in [0.15, 0.2) is 147 Å². The number of nitrogens with zero attached hydrogens (tertiary/aromatic N) is 10. The van der Waals surface area contributed by atoms with Gasteiger partial charge in [0.05, 0.1) is 49.2 Å². The largest absolute Gasteiger partial charge is 0.435 e. The number of halogens is 11. The van der Waals surface area contributed by atoms with Crippen LogP contribution in [0, 0.1) is 66.2 Å². The van der Waals surface area contributed by atoms with Gasteiger partial charge in [0, 0.05) is 34.3 Å². The van der Waals surface area contributed by atoms with Gasteiger partial charge in [0.25, 0.3) is 0 Å². The Morgan fingerprint density at radius 2 is 0.978 bits per heavy atom. The van der Waals surface area contributed by atoms with Crippen LogP contribution in [0.25, 0.3) is 0 Å². The molecule has 3 N–H and O–H groups in total. The molecule has 6 aromatic rings. The zero-order chi connectivity index (χ0) is 65.3. The fraction of sp³-hybridized carbons (Fsp3) is 0.242. The number of carbonyl (C=O) groups is 3. The van der Waals surface area contributed by atoms with Gasteiger partial charge >= 0.3 is 24.7 Å². The molecule has 6 amide bonds. The Kier molecular flexibility index (Phi) is 18.5. The standard InChI is InChI=1S/C22H21F3N4O2.C20H16F5N5O2.C20H17F3N4O/c1-12-4-5-13(11-31-3)8-17(12)26-21-27-22(30)28(2)19-7-6-18(29(19)21)14-9-15(23)20(25)16(24)10-14;1-9-3-4-11(32-17(24)25)7-14(9)27-18-28-20(31)29(2)19-26-8-15(30(18)19)10-5-12(21)16(23)13(22)6-10;1-26-17-8-7-16(13-9-14(21)18(23)15(22)10-13)27(17)19(25-20(26)28)24-11-12-5-3-2-4-6-12/h4-5,7-10,18H,6,11H2,1-3H3,(H,26,27,30);3-7,15,17H,8H2,1-2H3,(H,27,28,31);2-6,8-10,16H,7,11H2,1H3,(H,24,25,28). The summed E-state index contributed by atoms with van der Waals surface area (Å²) < 4.78 is 158. The molecule has 6 aliphatic rings. The molecule has 474 valence electrons. The van der Waals surface area contributed by atoms with E-state index < -0.39 is 83.1 Å². The molecule has 0 spiro atoms. The summed E-state index contributed by atoms with van der Waals surface area (Å²) in [4.78, 5) is 63.7. The van der Waals surface area contributed by atoms with Gasteiger partial charge in [-0.15, -0.1) is 0 Å². The number of rotatable bonds is 11. The minimum absolute atomic E-state index is 0.00564. The highest BCUT2D eigenvalue weighted by atomic mass is 19.3. The summed E-state index contributed by atoms with van der Waals surface area (Å²) in [6, 6.07) is 21.6. The molecule has 6 heterocycles. The van der Waals surface area contributed by atoms with Gasteiger partial charge in [0.1, 0.15) is 17.4 Å². The maximum absolute atomic E-state index is 13.9. The van der Waals surface area contributed by atoms with Crippen molar-refractivity contribution in [3.63, 3.8) is 0 Å². The molecule has 0 saturated carbocycles. The van der Waals surface area contributed by atoms with E-state index in [1.807, 2.05) is 55.5 Å². The Morgan fingerprint density at radius 3 is 1.47 bits per heavy atom. The summed E-state index contributed by atoms with van der Waals surface area (Å²) in [5.74, 6) is -10.8. The third-order valence-electron chi connectivity index (χ3n) is 15.2. The molecule has 3 atom stereocenters. The van der Waals surface area contributed by atoms with Gasteiger partial charge in [-0.05, 0) is 126 Å². The van der Waals surface area contributed by atoms with E-state index in [-0.39, 0.29) is 70.6 Å². The Bertz CT molecular complexity index is 4010. The zero-order valence-electron chi connectivity index (χ0n) is 49.0. The van der Waals surface area contributed by atoms with E-state index >= 15 is 0 Å². The average Bonchev–Trinajstić information content (AvgIpc) is 1.73. The van der Waals surface area contributed by atoms with Crippen LogP contribution in [-0.4, -0.2) is 113 Å². The molecule has 0 bridgehead atoms. The number of guanidine groups is 4. The first kappa shape index (κ1) is 63.7. The van der Waals surface area contributed by atoms with E-state index in [9.17, 15) is 62.7 Å². The lowest BCUT2D eigenvalue weighted by molar-refractivity contribution is -0.0498. The van der Waals surface area contributed by atoms with Crippen LogP contribution in [0.1, 0.15) is 69.9 Å². The highest BCUT2D eigenvalue weighted by Crippen LogP contribution is 2.41. The summed E-state index contributed by atoms with van der Waals surface area (Å²) in [6.07, 6.45) is 4.33. The second-order valence-corrected chi connectivity index (χ2v) is 21.1. The number of urea groups is 3. The van der Waals surface area contributed by atoms with Crippen LogP contribution in [0.5, 0.6) is 5.75 Å². The predicted octanol–water partition coefficient (Wildman–Crippen LogP) is 12.5. The average molecular weight is 1270 g/mol. The number of ether oxygens (including phenoxy) is 2. The maximum Gasteiger partial charge on any atom is 0.387 e. The number of nitrogens with one attached hydrogen (secondary N) is 3. The summed E-state index contributed by atoms with van der Waals surface area (Å²) >= 11 is 0. The number of benzene rings is 6. The van der Waals surface area contributed by atoms with Crippen LogP contribution >= 0.6 is 0 Å². The van der Waals surface area contributed by atoms with Crippen LogP contribution in [0.3, 0.4) is 0 Å². The van der Waals surface area contributed by atoms with Crippen LogP contribution < -0.4 is 20.7 Å². The van der Waals surface area contributed by atoms with Gasteiger partial charge in [0.2, 0.25) is 23.8 Å². The molecule has 6 aromatic carbocycles. The van der Waals surface area contributed by atoms with Crippen molar-refractivity contribution >= 4 is 53.3 Å². The smallest absolute Gasteiger partial charge is 0.387 e. The number of aryl methyl sites for hydroxylation is 2. The van der Waals surface area contributed by atoms with Gasteiger partial charge in [-0.25, -0.2) is 73.9 Å². The second kappa shape index (κ2) is 26.4. The lowest BCUT2D eigenvalue weighted by atomic mass is 10.0. The van der Waals surface area contributed by atoms with E-state index in [0.29, 0.717) is 48.9 Å². The molecular formula is C62H54F11N13O5. The first-order valence-electron chi connectivity index (χ1n) is 27.7. The molecule has 3 fully saturated rings. The molecule has 18 nitrogen and oxygen atoms in total. The van der Waals surface area contributed by atoms with Crippen molar-refractivity contribution in [1.82, 2.24) is 45.3 Å². The molecule has 0 aliphatic carbocycles. The van der Waals surface area contributed by atoms with Gasteiger partial charge in [-0.2, -0.15) is 8.78 Å². The van der Waals surface area contributed by atoms with Crippen LogP contribution in [-0.2, 0) is 17.9 Å². The molecule has 3 unspecified atom stereocenters. The van der Waals surface area contributed by atoms with Crippen molar-refractivity contribution in [3.05, 3.63) is 218 Å². The Labute approximate surface area is 512 Å². The Hall–Kier alpha value is -10.3. The van der Waals surface area contributed by atoms with E-state index in [0.717, 1.165) is 53.1 Å². The van der Waals surface area contributed by atoms with E-state index in [1.54, 1.807) is 50.1 Å². The van der Waals surface area contributed by atoms with Crippen molar-refractivity contribution in [2.24, 2.45) is 20.0 Å². The Balaban J connectivity index is 0.000000150. The molecule has 91 heavy (non-hydrogen) atoms. The number of methoxy groups -OCH3 is 1. The normalized spacial score (nSPS) is 19.7. The predicted molar refractivity (Wildman–Crippen MR) is 311 cm³/mol. The number of amides is 6. The van der Waals surface area contributed by atoms with Gasteiger partial charge < -0.3 is 9.47 Å². The first-order chi connectivity index (χ1) is 43.4. The quantitative estimate of drug-likeness (QED) is 0.0849. The van der Waals surface area contributed by atoms with Gasteiger partial charge in [0.15, 0.2) is 52.4 Å². The lowest BCUT2D eigenvalue weighted by Crippen LogP contribution is -2.61. The Morgan fingerprint density at radius 1 is 0.538 bits per heavy atom. The van der Waals surface area contributed by atoms with E-state index in [1.165, 1.54) is 44.8 Å². The van der Waals surface area contributed by atoms with Gasteiger partial charge in [-0.3, -0.25) is 45.3 Å².